The molecule has 0 fully saturated rings. The third kappa shape index (κ3) is 2.01. The van der Waals surface area contributed by atoms with Gasteiger partial charge in [-0.3, -0.25) is 4.79 Å². The number of rotatable bonds is 2. The van der Waals surface area contributed by atoms with Gasteiger partial charge >= 0.3 is 0 Å². The first-order valence-electron chi connectivity index (χ1n) is 6.18. The molecule has 0 aliphatic carbocycles. The average molecular weight is 267 g/mol. The molecule has 0 spiro atoms. The second-order valence-electron chi connectivity index (χ2n) is 4.48. The molecule has 0 saturated heterocycles. The third-order valence-corrected chi connectivity index (χ3v) is 3.20. The number of aromatic hydroxyl groups is 1. The van der Waals surface area contributed by atoms with Gasteiger partial charge in [0.1, 0.15) is 11.5 Å². The van der Waals surface area contributed by atoms with Crippen molar-refractivity contribution in [3.8, 4) is 22.8 Å². The Balaban J connectivity index is 2.31. The van der Waals surface area contributed by atoms with Crippen molar-refractivity contribution >= 4 is 10.9 Å². The largest absolute Gasteiger partial charge is 0.507 e. The van der Waals surface area contributed by atoms with Crippen molar-refractivity contribution < 1.29 is 9.84 Å². The zero-order chi connectivity index (χ0) is 14.1. The van der Waals surface area contributed by atoms with Gasteiger partial charge in [0.15, 0.2) is 5.43 Å². The molecule has 20 heavy (non-hydrogen) atoms. The molecule has 1 heterocycles. The molecule has 2 N–H and O–H groups in total. The maximum absolute atomic E-state index is 12.2. The van der Waals surface area contributed by atoms with Gasteiger partial charge < -0.3 is 14.8 Å². The Morgan fingerprint density at radius 3 is 2.55 bits per heavy atom. The summed E-state index contributed by atoms with van der Waals surface area (Å²) in [5.74, 6) is 0.413. The fourth-order valence-corrected chi connectivity index (χ4v) is 2.23. The Labute approximate surface area is 115 Å². The Morgan fingerprint density at radius 2 is 1.85 bits per heavy atom. The van der Waals surface area contributed by atoms with Crippen LogP contribution in [-0.4, -0.2) is 17.2 Å². The van der Waals surface area contributed by atoms with Crippen LogP contribution in [0.2, 0.25) is 0 Å². The van der Waals surface area contributed by atoms with E-state index in [0.717, 1.165) is 5.56 Å². The van der Waals surface area contributed by atoms with E-state index in [1.165, 1.54) is 19.2 Å². The predicted molar refractivity (Wildman–Crippen MR) is 78.2 cm³/mol. The molecule has 0 unspecified atom stereocenters. The summed E-state index contributed by atoms with van der Waals surface area (Å²) in [5.41, 5.74) is 1.94. The minimum Gasteiger partial charge on any atom is -0.507 e. The van der Waals surface area contributed by atoms with E-state index in [-0.39, 0.29) is 16.6 Å². The number of aromatic amines is 1. The number of nitrogens with one attached hydrogen (secondary N) is 1. The van der Waals surface area contributed by atoms with Crippen LogP contribution in [0.15, 0.2) is 53.3 Å². The van der Waals surface area contributed by atoms with Crippen molar-refractivity contribution in [2.24, 2.45) is 0 Å². The SMILES string of the molecule is COc1cc(O)c2c(=O)cc(-c3ccccc3)[nH]c2c1. The van der Waals surface area contributed by atoms with Crippen molar-refractivity contribution in [2.75, 3.05) is 7.11 Å². The number of benzene rings is 2. The Hall–Kier alpha value is -2.75. The highest BCUT2D eigenvalue weighted by Crippen LogP contribution is 2.28. The van der Waals surface area contributed by atoms with E-state index in [0.29, 0.717) is 17.0 Å². The number of phenols is 1. The van der Waals surface area contributed by atoms with Crippen molar-refractivity contribution in [3.05, 3.63) is 58.8 Å². The van der Waals surface area contributed by atoms with Crippen LogP contribution in [0, 0.1) is 0 Å². The summed E-state index contributed by atoms with van der Waals surface area (Å²) < 4.78 is 5.11. The van der Waals surface area contributed by atoms with Crippen LogP contribution in [-0.2, 0) is 0 Å². The van der Waals surface area contributed by atoms with E-state index >= 15 is 0 Å². The number of ether oxygens (including phenoxy) is 1. The topological polar surface area (TPSA) is 62.3 Å². The summed E-state index contributed by atoms with van der Waals surface area (Å²) in [5, 5.41) is 10.2. The fourth-order valence-electron chi connectivity index (χ4n) is 2.23. The molecule has 1 aromatic heterocycles. The lowest BCUT2D eigenvalue weighted by Gasteiger charge is -2.08. The van der Waals surface area contributed by atoms with E-state index < -0.39 is 0 Å². The summed E-state index contributed by atoms with van der Waals surface area (Å²) in [6.07, 6.45) is 0. The number of H-pyrrole nitrogens is 1. The predicted octanol–water partition coefficient (Wildman–Crippen LogP) is 2.91. The third-order valence-electron chi connectivity index (χ3n) is 3.20. The molecular weight excluding hydrogens is 254 g/mol. The van der Waals surface area contributed by atoms with Crippen LogP contribution in [0.1, 0.15) is 0 Å². The van der Waals surface area contributed by atoms with Gasteiger partial charge in [0, 0.05) is 23.9 Å². The maximum atomic E-state index is 12.2. The lowest BCUT2D eigenvalue weighted by molar-refractivity contribution is 0.409. The molecular formula is C16H13NO3. The quantitative estimate of drug-likeness (QED) is 0.750. The summed E-state index contributed by atoms with van der Waals surface area (Å²) in [6, 6.07) is 14.2. The van der Waals surface area contributed by atoms with Crippen LogP contribution < -0.4 is 10.2 Å². The molecule has 2 aromatic carbocycles. The zero-order valence-corrected chi connectivity index (χ0v) is 10.9. The van der Waals surface area contributed by atoms with Crippen molar-refractivity contribution in [1.82, 2.24) is 4.98 Å². The summed E-state index contributed by atoms with van der Waals surface area (Å²) in [4.78, 5) is 15.3. The normalized spacial score (nSPS) is 10.7. The first kappa shape index (κ1) is 12.3. The summed E-state index contributed by atoms with van der Waals surface area (Å²) >= 11 is 0. The van der Waals surface area contributed by atoms with E-state index in [9.17, 15) is 9.90 Å². The van der Waals surface area contributed by atoms with E-state index in [1.807, 2.05) is 30.3 Å². The summed E-state index contributed by atoms with van der Waals surface area (Å²) in [6.45, 7) is 0. The lowest BCUT2D eigenvalue weighted by atomic mass is 10.1. The van der Waals surface area contributed by atoms with Gasteiger partial charge in [0.05, 0.1) is 18.0 Å². The highest BCUT2D eigenvalue weighted by Gasteiger charge is 2.10. The maximum Gasteiger partial charge on any atom is 0.193 e. The van der Waals surface area contributed by atoms with Gasteiger partial charge in [0.2, 0.25) is 0 Å². The van der Waals surface area contributed by atoms with Gasteiger partial charge in [-0.2, -0.15) is 0 Å². The molecule has 0 saturated carbocycles. The number of pyridine rings is 1. The van der Waals surface area contributed by atoms with Gasteiger partial charge in [-0.05, 0) is 5.56 Å². The van der Waals surface area contributed by atoms with Crippen LogP contribution in [0.3, 0.4) is 0 Å². The van der Waals surface area contributed by atoms with Crippen molar-refractivity contribution in [1.29, 1.82) is 0 Å². The van der Waals surface area contributed by atoms with Gasteiger partial charge in [0.25, 0.3) is 0 Å². The second-order valence-corrected chi connectivity index (χ2v) is 4.48. The Kier molecular flexibility index (Phi) is 2.91. The van der Waals surface area contributed by atoms with Crippen LogP contribution in [0.4, 0.5) is 0 Å². The van der Waals surface area contributed by atoms with E-state index in [1.54, 1.807) is 6.07 Å². The van der Waals surface area contributed by atoms with Gasteiger partial charge in [-0.25, -0.2) is 0 Å². The molecule has 3 rings (SSSR count). The molecule has 0 aliphatic heterocycles. The Morgan fingerprint density at radius 1 is 1.10 bits per heavy atom. The molecule has 100 valence electrons. The first-order valence-corrected chi connectivity index (χ1v) is 6.18. The minimum atomic E-state index is -0.224. The second kappa shape index (κ2) is 4.74. The molecule has 4 nitrogen and oxygen atoms in total. The highest BCUT2D eigenvalue weighted by atomic mass is 16.5. The van der Waals surface area contributed by atoms with Gasteiger partial charge in [-0.1, -0.05) is 30.3 Å². The molecule has 3 aromatic rings. The van der Waals surface area contributed by atoms with Crippen molar-refractivity contribution in [2.45, 2.75) is 0 Å². The Bertz CT molecular complexity index is 822. The highest BCUT2D eigenvalue weighted by molar-refractivity contribution is 5.88. The van der Waals surface area contributed by atoms with Gasteiger partial charge in [-0.15, -0.1) is 0 Å². The molecule has 0 radical (unpaired) electrons. The molecule has 0 aliphatic rings. The fraction of sp³-hybridized carbons (Fsp3) is 0.0625. The van der Waals surface area contributed by atoms with Crippen LogP contribution in [0.25, 0.3) is 22.2 Å². The van der Waals surface area contributed by atoms with Crippen LogP contribution >= 0.6 is 0 Å². The number of hydrogen-bond donors (Lipinski definition) is 2. The number of hydrogen-bond acceptors (Lipinski definition) is 3. The number of phenolic OH excluding ortho intramolecular Hbond substituents is 1. The number of methoxy groups -OCH3 is 1. The average Bonchev–Trinajstić information content (AvgIpc) is 2.47. The smallest absolute Gasteiger partial charge is 0.193 e. The van der Waals surface area contributed by atoms with E-state index in [4.69, 9.17) is 4.74 Å². The minimum absolute atomic E-state index is 0.0831. The summed E-state index contributed by atoms with van der Waals surface area (Å²) in [7, 11) is 1.51. The number of fused-ring (bicyclic) bond motifs is 1. The van der Waals surface area contributed by atoms with E-state index in [2.05, 4.69) is 4.98 Å². The monoisotopic (exact) mass is 267 g/mol. The lowest BCUT2D eigenvalue weighted by Crippen LogP contribution is -2.03. The first-order chi connectivity index (χ1) is 9.69. The number of aromatic nitrogens is 1. The standard InChI is InChI=1S/C16H13NO3/c1-20-11-7-13-16(14(18)8-11)15(19)9-12(17-13)10-5-3-2-4-6-10/h2-9,18H,1H3,(H,17,19). The molecule has 0 atom stereocenters. The molecule has 0 amide bonds. The zero-order valence-electron chi connectivity index (χ0n) is 10.9. The van der Waals surface area contributed by atoms with Crippen LogP contribution in [0.5, 0.6) is 11.5 Å². The molecule has 4 heteroatoms. The molecule has 0 bridgehead atoms. The van der Waals surface area contributed by atoms with Crippen molar-refractivity contribution in [3.63, 3.8) is 0 Å².